The fraction of sp³-hybridized carbons (Fsp3) is 0.174. The minimum Gasteiger partial charge on any atom is -0.465 e. The molecule has 1 amide bonds. The van der Waals surface area contributed by atoms with E-state index in [1.807, 2.05) is 24.3 Å². The fourth-order valence-corrected chi connectivity index (χ4v) is 3.31. The van der Waals surface area contributed by atoms with Gasteiger partial charge in [0.2, 0.25) is 0 Å². The van der Waals surface area contributed by atoms with Crippen LogP contribution in [0.25, 0.3) is 17.0 Å². The van der Waals surface area contributed by atoms with Crippen molar-refractivity contribution in [2.24, 2.45) is 0 Å². The molecule has 0 bridgehead atoms. The number of halogens is 1. The van der Waals surface area contributed by atoms with E-state index in [0.29, 0.717) is 16.3 Å². The molecule has 0 aliphatic rings. The number of carbonyl (C=O) groups is 2. The van der Waals surface area contributed by atoms with Crippen molar-refractivity contribution in [3.63, 3.8) is 0 Å². The lowest BCUT2D eigenvalue weighted by atomic mass is 10.1. The van der Waals surface area contributed by atoms with Crippen molar-refractivity contribution >= 4 is 46.1 Å². The quantitative estimate of drug-likeness (QED) is 0.335. The zero-order chi connectivity index (χ0) is 21.7. The molecule has 3 rings (SSSR count). The van der Waals surface area contributed by atoms with Gasteiger partial charge in [0, 0.05) is 40.4 Å². The molecule has 0 unspecified atom stereocenters. The molecule has 0 aliphatic heterocycles. The fourth-order valence-electron chi connectivity index (χ4n) is 3.14. The minimum atomic E-state index is -0.433. The van der Waals surface area contributed by atoms with Crippen LogP contribution in [0.1, 0.15) is 12.5 Å². The molecule has 1 heterocycles. The van der Waals surface area contributed by atoms with Crippen molar-refractivity contribution < 1.29 is 14.3 Å². The van der Waals surface area contributed by atoms with Crippen LogP contribution < -0.4 is 4.90 Å². The number of carbonyl (C=O) groups excluding carboxylic acids is 2. The Labute approximate surface area is 179 Å². The van der Waals surface area contributed by atoms with Crippen molar-refractivity contribution in [2.75, 3.05) is 18.6 Å². The number of amides is 1. The Morgan fingerprint density at radius 3 is 2.63 bits per heavy atom. The summed E-state index contributed by atoms with van der Waals surface area (Å²) < 4.78 is 6.75. The second-order valence-corrected chi connectivity index (χ2v) is 6.98. The van der Waals surface area contributed by atoms with E-state index in [1.54, 1.807) is 55.1 Å². The Morgan fingerprint density at radius 2 is 1.97 bits per heavy atom. The van der Waals surface area contributed by atoms with E-state index in [1.165, 1.54) is 11.0 Å². The smallest absolute Gasteiger partial charge is 0.325 e. The summed E-state index contributed by atoms with van der Waals surface area (Å²) in [7, 11) is 1.61. The van der Waals surface area contributed by atoms with Crippen LogP contribution >= 0.6 is 11.6 Å². The van der Waals surface area contributed by atoms with Crippen molar-refractivity contribution in [3.05, 3.63) is 70.9 Å². The lowest BCUT2D eigenvalue weighted by Crippen LogP contribution is -2.27. The number of fused-ring (bicyclic) bond motifs is 1. The summed E-state index contributed by atoms with van der Waals surface area (Å²) in [4.78, 5) is 26.3. The van der Waals surface area contributed by atoms with Gasteiger partial charge in [0.25, 0.3) is 5.91 Å². The standard InChI is InChI=1S/C23H20ClN3O3/c1-3-30-22(28)15-27-14-17(20-12-18(24)9-10-21(20)27)11-16(13-25)23(29)26(2)19-7-5-4-6-8-19/h4-12,14H,3,15H2,1-2H3/b16-11+. The Balaban J connectivity index is 2.02. The van der Waals surface area contributed by atoms with Crippen LogP contribution in [0.5, 0.6) is 0 Å². The molecule has 30 heavy (non-hydrogen) atoms. The highest BCUT2D eigenvalue weighted by molar-refractivity contribution is 6.31. The molecular weight excluding hydrogens is 402 g/mol. The third kappa shape index (κ3) is 4.53. The largest absolute Gasteiger partial charge is 0.465 e. The van der Waals surface area contributed by atoms with Gasteiger partial charge in [0.15, 0.2) is 0 Å². The van der Waals surface area contributed by atoms with Gasteiger partial charge >= 0.3 is 5.97 Å². The van der Waals surface area contributed by atoms with Crippen LogP contribution in [0, 0.1) is 11.3 Å². The maximum atomic E-state index is 12.9. The van der Waals surface area contributed by atoms with Gasteiger partial charge in [0.1, 0.15) is 18.2 Å². The summed E-state index contributed by atoms with van der Waals surface area (Å²) in [5, 5.41) is 10.9. The lowest BCUT2D eigenvalue weighted by molar-refractivity contribution is -0.143. The number of ether oxygens (including phenoxy) is 1. The maximum absolute atomic E-state index is 12.9. The first-order valence-electron chi connectivity index (χ1n) is 9.33. The van der Waals surface area contributed by atoms with E-state index in [4.69, 9.17) is 16.3 Å². The zero-order valence-corrected chi connectivity index (χ0v) is 17.4. The molecule has 0 aliphatic carbocycles. The van der Waals surface area contributed by atoms with Gasteiger partial charge in [-0.3, -0.25) is 9.59 Å². The molecule has 0 spiro atoms. The second-order valence-electron chi connectivity index (χ2n) is 6.55. The number of nitrogens with zero attached hydrogens (tertiary/aromatic N) is 3. The molecule has 0 fully saturated rings. The third-order valence-electron chi connectivity index (χ3n) is 4.58. The average Bonchev–Trinajstić information content (AvgIpc) is 3.07. The molecule has 1 aromatic heterocycles. The van der Waals surface area contributed by atoms with Crippen LogP contribution in [-0.4, -0.2) is 30.1 Å². The van der Waals surface area contributed by atoms with E-state index in [0.717, 1.165) is 10.9 Å². The van der Waals surface area contributed by atoms with Gasteiger partial charge in [-0.1, -0.05) is 29.8 Å². The summed E-state index contributed by atoms with van der Waals surface area (Å²) in [6, 6.07) is 16.3. The number of esters is 1. The average molecular weight is 422 g/mol. The van der Waals surface area contributed by atoms with Crippen molar-refractivity contribution in [2.45, 2.75) is 13.5 Å². The van der Waals surface area contributed by atoms with Gasteiger partial charge in [-0.15, -0.1) is 0 Å². The predicted molar refractivity (Wildman–Crippen MR) is 117 cm³/mol. The number of nitriles is 1. The monoisotopic (exact) mass is 421 g/mol. The van der Waals surface area contributed by atoms with Crippen molar-refractivity contribution in [3.8, 4) is 6.07 Å². The summed E-state index contributed by atoms with van der Waals surface area (Å²) in [5.41, 5.74) is 2.01. The van der Waals surface area contributed by atoms with E-state index in [2.05, 4.69) is 0 Å². The first-order valence-corrected chi connectivity index (χ1v) is 9.71. The zero-order valence-electron chi connectivity index (χ0n) is 16.6. The number of benzene rings is 2. The van der Waals surface area contributed by atoms with Gasteiger partial charge in [-0.2, -0.15) is 5.26 Å². The highest BCUT2D eigenvalue weighted by Gasteiger charge is 2.18. The Morgan fingerprint density at radius 1 is 1.23 bits per heavy atom. The number of likely N-dealkylation sites (N-methyl/N-ethyl adjacent to an activating group) is 1. The summed E-state index contributed by atoms with van der Waals surface area (Å²) >= 11 is 6.16. The van der Waals surface area contributed by atoms with Gasteiger partial charge < -0.3 is 14.2 Å². The number of hydrogen-bond donors (Lipinski definition) is 0. The Bertz CT molecular complexity index is 1160. The molecule has 6 nitrogen and oxygen atoms in total. The SMILES string of the molecule is CCOC(=O)Cn1cc(/C=C(\C#N)C(=O)N(C)c2ccccc2)c2cc(Cl)ccc21. The number of hydrogen-bond acceptors (Lipinski definition) is 4. The van der Waals surface area contributed by atoms with E-state index < -0.39 is 5.91 Å². The highest BCUT2D eigenvalue weighted by Crippen LogP contribution is 2.27. The number of rotatable bonds is 6. The van der Waals surface area contributed by atoms with E-state index in [9.17, 15) is 14.9 Å². The highest BCUT2D eigenvalue weighted by atomic mass is 35.5. The summed E-state index contributed by atoms with van der Waals surface area (Å²) in [5.74, 6) is -0.808. The first kappa shape index (κ1) is 21.2. The first-order chi connectivity index (χ1) is 14.4. The topological polar surface area (TPSA) is 75.3 Å². The molecule has 3 aromatic rings. The minimum absolute atomic E-state index is 0.0135. The normalized spacial score (nSPS) is 11.2. The molecule has 0 radical (unpaired) electrons. The Kier molecular flexibility index (Phi) is 6.55. The summed E-state index contributed by atoms with van der Waals surface area (Å²) in [6.07, 6.45) is 3.23. The predicted octanol–water partition coefficient (Wildman–Crippen LogP) is 4.43. The number of aromatic nitrogens is 1. The van der Waals surface area contributed by atoms with Crippen molar-refractivity contribution in [1.29, 1.82) is 5.26 Å². The lowest BCUT2D eigenvalue weighted by Gasteiger charge is -2.16. The van der Waals surface area contributed by atoms with Crippen LogP contribution in [-0.2, 0) is 20.9 Å². The van der Waals surface area contributed by atoms with E-state index in [-0.39, 0.29) is 24.7 Å². The molecule has 0 N–H and O–H groups in total. The Hall–Kier alpha value is -3.56. The van der Waals surface area contributed by atoms with Gasteiger partial charge in [-0.05, 0) is 43.3 Å². The molecule has 7 heteroatoms. The second kappa shape index (κ2) is 9.29. The van der Waals surface area contributed by atoms with Crippen LogP contribution in [0.3, 0.4) is 0 Å². The van der Waals surface area contributed by atoms with Crippen LogP contribution in [0.2, 0.25) is 5.02 Å². The third-order valence-corrected chi connectivity index (χ3v) is 4.81. The van der Waals surface area contributed by atoms with Crippen LogP contribution in [0.4, 0.5) is 5.69 Å². The molecule has 152 valence electrons. The maximum Gasteiger partial charge on any atom is 0.325 e. The molecular formula is C23H20ClN3O3. The van der Waals surface area contributed by atoms with Gasteiger partial charge in [0.05, 0.1) is 6.61 Å². The molecule has 0 saturated carbocycles. The number of para-hydroxylation sites is 1. The molecule has 0 saturated heterocycles. The summed E-state index contributed by atoms with van der Waals surface area (Å²) in [6.45, 7) is 2.04. The van der Waals surface area contributed by atoms with Crippen LogP contribution in [0.15, 0.2) is 60.3 Å². The van der Waals surface area contributed by atoms with Crippen molar-refractivity contribution in [1.82, 2.24) is 4.57 Å². The van der Waals surface area contributed by atoms with E-state index >= 15 is 0 Å². The van der Waals surface area contributed by atoms with Gasteiger partial charge in [-0.25, -0.2) is 0 Å². The molecule has 2 aromatic carbocycles. The molecule has 0 atom stereocenters. The number of anilines is 1.